The number of carbonyl (C=O) groups excluding carboxylic acids is 1. The summed E-state index contributed by atoms with van der Waals surface area (Å²) in [7, 11) is 6.43. The molecular formula is C21H27NO5. The Morgan fingerprint density at radius 2 is 1.52 bits per heavy atom. The molecule has 0 heterocycles. The van der Waals surface area contributed by atoms with Crippen LogP contribution in [0, 0.1) is 0 Å². The molecule has 0 aromatic heterocycles. The molecule has 0 unspecified atom stereocenters. The predicted octanol–water partition coefficient (Wildman–Crippen LogP) is 3.53. The van der Waals surface area contributed by atoms with Crippen LogP contribution in [0.5, 0.6) is 23.0 Å². The van der Waals surface area contributed by atoms with Crippen molar-refractivity contribution in [3.63, 3.8) is 0 Å². The van der Waals surface area contributed by atoms with Crippen LogP contribution in [0.25, 0.3) is 0 Å². The van der Waals surface area contributed by atoms with Crippen molar-refractivity contribution in [2.24, 2.45) is 0 Å². The first-order valence-electron chi connectivity index (χ1n) is 8.74. The highest BCUT2D eigenvalue weighted by Gasteiger charge is 2.15. The Kier molecular flexibility index (Phi) is 7.34. The highest BCUT2D eigenvalue weighted by atomic mass is 16.5. The number of rotatable bonds is 9. The van der Waals surface area contributed by atoms with Gasteiger partial charge in [0.25, 0.3) is 0 Å². The number of nitrogens with one attached hydrogen (secondary N) is 1. The molecular weight excluding hydrogens is 346 g/mol. The van der Waals surface area contributed by atoms with Crippen molar-refractivity contribution in [2.45, 2.75) is 25.8 Å². The lowest BCUT2D eigenvalue weighted by Crippen LogP contribution is -2.27. The third kappa shape index (κ3) is 5.54. The fraction of sp³-hybridized carbons (Fsp3) is 0.381. The lowest BCUT2D eigenvalue weighted by molar-refractivity contribution is -0.121. The van der Waals surface area contributed by atoms with Crippen molar-refractivity contribution < 1.29 is 23.7 Å². The minimum Gasteiger partial charge on any atom is -0.497 e. The Balaban J connectivity index is 2.02. The Bertz CT molecular complexity index is 753. The van der Waals surface area contributed by atoms with Gasteiger partial charge in [-0.05, 0) is 49.2 Å². The second kappa shape index (κ2) is 9.71. The molecule has 2 aromatic carbocycles. The van der Waals surface area contributed by atoms with Crippen molar-refractivity contribution in [3.8, 4) is 23.0 Å². The largest absolute Gasteiger partial charge is 0.497 e. The molecule has 0 aliphatic carbocycles. The Morgan fingerprint density at radius 3 is 2.07 bits per heavy atom. The van der Waals surface area contributed by atoms with Gasteiger partial charge in [0.05, 0.1) is 34.5 Å². The van der Waals surface area contributed by atoms with Gasteiger partial charge in [0, 0.05) is 18.1 Å². The molecule has 0 spiro atoms. The average Bonchev–Trinajstić information content (AvgIpc) is 2.71. The smallest absolute Gasteiger partial charge is 0.220 e. The lowest BCUT2D eigenvalue weighted by Gasteiger charge is -2.18. The van der Waals surface area contributed by atoms with E-state index < -0.39 is 0 Å². The number of hydrogen-bond acceptors (Lipinski definition) is 5. The van der Waals surface area contributed by atoms with E-state index in [2.05, 4.69) is 5.32 Å². The molecule has 0 saturated heterocycles. The fourth-order valence-corrected chi connectivity index (χ4v) is 2.84. The van der Waals surface area contributed by atoms with E-state index in [-0.39, 0.29) is 11.9 Å². The minimum atomic E-state index is -0.206. The topological polar surface area (TPSA) is 66.0 Å². The Hall–Kier alpha value is -2.89. The number of amides is 1. The van der Waals surface area contributed by atoms with Crippen LogP contribution < -0.4 is 24.3 Å². The Morgan fingerprint density at radius 1 is 0.889 bits per heavy atom. The normalized spacial score (nSPS) is 11.4. The molecule has 27 heavy (non-hydrogen) atoms. The van der Waals surface area contributed by atoms with Gasteiger partial charge in [-0.25, -0.2) is 0 Å². The zero-order chi connectivity index (χ0) is 19.8. The van der Waals surface area contributed by atoms with Crippen molar-refractivity contribution in [1.82, 2.24) is 5.32 Å². The molecule has 2 aromatic rings. The van der Waals surface area contributed by atoms with E-state index in [1.807, 2.05) is 37.3 Å². The molecule has 1 N–H and O–H groups in total. The summed E-state index contributed by atoms with van der Waals surface area (Å²) < 4.78 is 21.2. The van der Waals surface area contributed by atoms with Gasteiger partial charge in [0.1, 0.15) is 23.0 Å². The highest BCUT2D eigenvalue weighted by molar-refractivity contribution is 5.77. The lowest BCUT2D eigenvalue weighted by atomic mass is 10.1. The monoisotopic (exact) mass is 373 g/mol. The zero-order valence-electron chi connectivity index (χ0n) is 16.5. The summed E-state index contributed by atoms with van der Waals surface area (Å²) in [5, 5.41) is 3.01. The van der Waals surface area contributed by atoms with Crippen LogP contribution in [0.15, 0.2) is 36.4 Å². The molecule has 0 aliphatic rings. The van der Waals surface area contributed by atoms with Crippen LogP contribution in [0.4, 0.5) is 0 Å². The van der Waals surface area contributed by atoms with Crippen LogP contribution in [-0.2, 0) is 11.2 Å². The van der Waals surface area contributed by atoms with E-state index in [9.17, 15) is 4.79 Å². The number of hydrogen-bond donors (Lipinski definition) is 1. The van der Waals surface area contributed by atoms with E-state index in [4.69, 9.17) is 18.9 Å². The summed E-state index contributed by atoms with van der Waals surface area (Å²) in [5.74, 6) is 2.80. The first-order chi connectivity index (χ1) is 13.0. The van der Waals surface area contributed by atoms with E-state index in [0.717, 1.165) is 16.9 Å². The van der Waals surface area contributed by atoms with Crippen LogP contribution in [0.1, 0.15) is 30.5 Å². The average molecular weight is 373 g/mol. The molecule has 0 fully saturated rings. The molecule has 146 valence electrons. The van der Waals surface area contributed by atoms with Crippen LogP contribution >= 0.6 is 0 Å². The molecule has 0 radical (unpaired) electrons. The molecule has 1 atom stereocenters. The van der Waals surface area contributed by atoms with Gasteiger partial charge in [0.2, 0.25) is 5.91 Å². The summed E-state index contributed by atoms with van der Waals surface area (Å²) in [4.78, 5) is 12.4. The first kappa shape index (κ1) is 20.4. The maximum atomic E-state index is 12.4. The number of benzene rings is 2. The predicted molar refractivity (Wildman–Crippen MR) is 104 cm³/mol. The van der Waals surface area contributed by atoms with Gasteiger partial charge >= 0.3 is 0 Å². The molecule has 0 aliphatic heterocycles. The standard InChI is InChI=1S/C21H27NO5/c1-14(19-13-16(24-2)7-8-20(19)27-5)22-21(23)9-6-15-10-17(25-3)12-18(11-15)26-4/h7-8,10-14H,6,9H2,1-5H3,(H,22,23)/t14-/m0/s1. The summed E-state index contributed by atoms with van der Waals surface area (Å²) >= 11 is 0. The SMILES string of the molecule is COc1cc(CCC(=O)N[C@@H](C)c2cc(OC)ccc2OC)cc(OC)c1. The number of ether oxygens (including phenoxy) is 4. The molecule has 2 rings (SSSR count). The number of carbonyl (C=O) groups is 1. The third-order valence-corrected chi connectivity index (χ3v) is 4.33. The molecule has 6 nitrogen and oxygen atoms in total. The summed E-state index contributed by atoms with van der Waals surface area (Å²) in [6, 6.07) is 10.9. The zero-order valence-corrected chi connectivity index (χ0v) is 16.5. The maximum absolute atomic E-state index is 12.4. The molecule has 6 heteroatoms. The van der Waals surface area contributed by atoms with Gasteiger partial charge in [-0.3, -0.25) is 4.79 Å². The van der Waals surface area contributed by atoms with Gasteiger partial charge < -0.3 is 24.3 Å². The van der Waals surface area contributed by atoms with Gasteiger partial charge in [0.15, 0.2) is 0 Å². The van der Waals surface area contributed by atoms with Crippen molar-refractivity contribution in [3.05, 3.63) is 47.5 Å². The van der Waals surface area contributed by atoms with E-state index in [0.29, 0.717) is 30.1 Å². The molecule has 0 bridgehead atoms. The number of aryl methyl sites for hydroxylation is 1. The molecule has 1 amide bonds. The fourth-order valence-electron chi connectivity index (χ4n) is 2.84. The van der Waals surface area contributed by atoms with E-state index in [1.165, 1.54) is 0 Å². The van der Waals surface area contributed by atoms with Crippen LogP contribution in [0.2, 0.25) is 0 Å². The van der Waals surface area contributed by atoms with Crippen molar-refractivity contribution in [2.75, 3.05) is 28.4 Å². The molecule has 0 saturated carbocycles. The second-order valence-corrected chi connectivity index (χ2v) is 6.12. The van der Waals surface area contributed by atoms with Crippen LogP contribution in [0.3, 0.4) is 0 Å². The summed E-state index contributed by atoms with van der Waals surface area (Å²) in [6.07, 6.45) is 0.939. The van der Waals surface area contributed by atoms with Gasteiger partial charge in [-0.1, -0.05) is 0 Å². The maximum Gasteiger partial charge on any atom is 0.220 e. The van der Waals surface area contributed by atoms with Gasteiger partial charge in [-0.15, -0.1) is 0 Å². The Labute approximate surface area is 160 Å². The van der Waals surface area contributed by atoms with E-state index >= 15 is 0 Å². The van der Waals surface area contributed by atoms with Crippen molar-refractivity contribution in [1.29, 1.82) is 0 Å². The second-order valence-electron chi connectivity index (χ2n) is 6.12. The highest BCUT2D eigenvalue weighted by Crippen LogP contribution is 2.29. The number of methoxy groups -OCH3 is 4. The summed E-state index contributed by atoms with van der Waals surface area (Å²) in [6.45, 7) is 1.92. The van der Waals surface area contributed by atoms with Crippen molar-refractivity contribution >= 4 is 5.91 Å². The van der Waals surface area contributed by atoms with Crippen LogP contribution in [-0.4, -0.2) is 34.3 Å². The third-order valence-electron chi connectivity index (χ3n) is 4.33. The quantitative estimate of drug-likeness (QED) is 0.728. The minimum absolute atomic E-state index is 0.0471. The first-order valence-corrected chi connectivity index (χ1v) is 8.74. The van der Waals surface area contributed by atoms with E-state index in [1.54, 1.807) is 34.5 Å². The summed E-state index contributed by atoms with van der Waals surface area (Å²) in [5.41, 5.74) is 1.85. The van der Waals surface area contributed by atoms with Gasteiger partial charge in [-0.2, -0.15) is 0 Å².